The molecule has 1 aromatic carbocycles. The molecule has 0 spiro atoms. The number of aryl methyl sites for hydroxylation is 1. The number of carbonyl (C=O) groups excluding carboxylic acids is 1. The van der Waals surface area contributed by atoms with E-state index < -0.39 is 0 Å². The van der Waals surface area contributed by atoms with Gasteiger partial charge in [-0.25, -0.2) is 4.98 Å². The normalized spacial score (nSPS) is 10.3. The number of nitrogens with two attached hydrogens (primary N) is 1. The molecule has 0 aliphatic carbocycles. The van der Waals surface area contributed by atoms with Crippen LogP contribution in [0.2, 0.25) is 0 Å². The third-order valence-electron chi connectivity index (χ3n) is 2.53. The molecule has 0 fully saturated rings. The van der Waals surface area contributed by atoms with Crippen LogP contribution in [0.4, 0.5) is 11.5 Å². The van der Waals surface area contributed by atoms with Crippen molar-refractivity contribution in [1.82, 2.24) is 4.98 Å². The second kappa shape index (κ2) is 5.71. The summed E-state index contributed by atoms with van der Waals surface area (Å²) in [6.07, 6.45) is 1.49. The smallest absolute Gasteiger partial charge is 0.257 e. The molecule has 0 radical (unpaired) electrons. The Morgan fingerprint density at radius 1 is 1.32 bits per heavy atom. The van der Waals surface area contributed by atoms with Gasteiger partial charge in [-0.1, -0.05) is 15.9 Å². The van der Waals surface area contributed by atoms with Gasteiger partial charge in [0.25, 0.3) is 5.91 Å². The van der Waals surface area contributed by atoms with Gasteiger partial charge in [0, 0.05) is 10.0 Å². The number of pyridine rings is 1. The van der Waals surface area contributed by atoms with Crippen LogP contribution in [0.3, 0.4) is 0 Å². The van der Waals surface area contributed by atoms with Crippen LogP contribution >= 0.6 is 31.9 Å². The lowest BCUT2D eigenvalue weighted by atomic mass is 10.1. The Kier molecular flexibility index (Phi) is 4.21. The Bertz CT molecular complexity index is 644. The summed E-state index contributed by atoms with van der Waals surface area (Å²) in [7, 11) is 0. The van der Waals surface area contributed by atoms with Crippen molar-refractivity contribution in [1.29, 1.82) is 0 Å². The van der Waals surface area contributed by atoms with E-state index in [1.54, 1.807) is 12.1 Å². The van der Waals surface area contributed by atoms with E-state index in [-0.39, 0.29) is 5.91 Å². The minimum atomic E-state index is -0.206. The molecule has 6 heteroatoms. The summed E-state index contributed by atoms with van der Waals surface area (Å²) < 4.78 is 1.59. The van der Waals surface area contributed by atoms with Crippen molar-refractivity contribution in [2.24, 2.45) is 0 Å². The van der Waals surface area contributed by atoms with Crippen molar-refractivity contribution in [3.05, 3.63) is 50.5 Å². The number of hydrogen-bond donors (Lipinski definition) is 2. The first-order valence-corrected chi connectivity index (χ1v) is 7.04. The lowest BCUT2D eigenvalue weighted by Gasteiger charge is -2.09. The quantitative estimate of drug-likeness (QED) is 0.828. The molecule has 0 aliphatic rings. The molecule has 98 valence electrons. The summed E-state index contributed by atoms with van der Waals surface area (Å²) in [5, 5.41) is 2.75. The van der Waals surface area contributed by atoms with Gasteiger partial charge in [-0.2, -0.15) is 0 Å². The van der Waals surface area contributed by atoms with Gasteiger partial charge in [-0.3, -0.25) is 4.79 Å². The highest BCUT2D eigenvalue weighted by Gasteiger charge is 2.12. The van der Waals surface area contributed by atoms with E-state index in [2.05, 4.69) is 42.2 Å². The third kappa shape index (κ3) is 3.33. The topological polar surface area (TPSA) is 68.0 Å². The van der Waals surface area contributed by atoms with Crippen molar-refractivity contribution >= 4 is 49.3 Å². The predicted octanol–water partition coefficient (Wildman–Crippen LogP) is 3.75. The van der Waals surface area contributed by atoms with Crippen LogP contribution in [0.15, 0.2) is 39.4 Å². The molecule has 0 atom stereocenters. The predicted molar refractivity (Wildman–Crippen MR) is 83.2 cm³/mol. The molecule has 0 unspecified atom stereocenters. The number of nitrogens with zero attached hydrogens (tertiary/aromatic N) is 1. The zero-order valence-electron chi connectivity index (χ0n) is 10.1. The average Bonchev–Trinajstić information content (AvgIpc) is 2.32. The Morgan fingerprint density at radius 3 is 2.68 bits per heavy atom. The molecule has 3 N–H and O–H groups in total. The molecule has 1 aromatic heterocycles. The zero-order chi connectivity index (χ0) is 14.0. The summed E-state index contributed by atoms with van der Waals surface area (Å²) in [6, 6.07) is 7.17. The van der Waals surface area contributed by atoms with Gasteiger partial charge in [0.05, 0.1) is 16.4 Å². The Morgan fingerprint density at radius 2 is 2.05 bits per heavy atom. The molecule has 1 heterocycles. The van der Waals surface area contributed by atoms with Gasteiger partial charge >= 0.3 is 0 Å². The van der Waals surface area contributed by atoms with Crippen molar-refractivity contribution < 1.29 is 4.79 Å². The van der Waals surface area contributed by atoms with Crippen LogP contribution in [0.1, 0.15) is 15.9 Å². The van der Waals surface area contributed by atoms with Gasteiger partial charge in [0.2, 0.25) is 0 Å². The highest BCUT2D eigenvalue weighted by Crippen LogP contribution is 2.23. The van der Waals surface area contributed by atoms with E-state index in [1.807, 2.05) is 19.1 Å². The molecule has 2 aromatic rings. The van der Waals surface area contributed by atoms with Gasteiger partial charge in [0.1, 0.15) is 5.82 Å². The van der Waals surface area contributed by atoms with Crippen LogP contribution in [0, 0.1) is 6.92 Å². The first kappa shape index (κ1) is 14.0. The molecule has 0 bridgehead atoms. The van der Waals surface area contributed by atoms with Crippen molar-refractivity contribution in [2.45, 2.75) is 6.92 Å². The van der Waals surface area contributed by atoms with Gasteiger partial charge < -0.3 is 11.1 Å². The van der Waals surface area contributed by atoms with Gasteiger partial charge in [-0.15, -0.1) is 0 Å². The monoisotopic (exact) mass is 383 g/mol. The molecular weight excluding hydrogens is 374 g/mol. The fourth-order valence-electron chi connectivity index (χ4n) is 1.60. The van der Waals surface area contributed by atoms with E-state index in [4.69, 9.17) is 5.73 Å². The number of aromatic nitrogens is 1. The van der Waals surface area contributed by atoms with E-state index >= 15 is 0 Å². The van der Waals surface area contributed by atoms with Gasteiger partial charge in [-0.05, 0) is 52.7 Å². The number of hydrogen-bond acceptors (Lipinski definition) is 3. The molecule has 0 saturated carbocycles. The summed E-state index contributed by atoms with van der Waals surface area (Å²) in [6.45, 7) is 1.88. The van der Waals surface area contributed by atoms with Crippen LogP contribution in [0.25, 0.3) is 0 Å². The van der Waals surface area contributed by atoms with Crippen LogP contribution in [-0.4, -0.2) is 10.9 Å². The summed E-state index contributed by atoms with van der Waals surface area (Å²) in [5.41, 5.74) is 7.62. The maximum atomic E-state index is 12.2. The number of anilines is 2. The standard InChI is InChI=1S/C13H11Br2N3O/c1-7-4-8(14)2-3-10(7)13(19)18-12-11(15)5-9(16)6-17-12/h2-6H,16H2,1H3,(H,17,18,19). The third-order valence-corrected chi connectivity index (χ3v) is 3.63. The fourth-order valence-corrected chi connectivity index (χ4v) is 2.54. The van der Waals surface area contributed by atoms with E-state index in [0.717, 1.165) is 10.0 Å². The summed E-state index contributed by atoms with van der Waals surface area (Å²) >= 11 is 6.68. The van der Waals surface area contributed by atoms with Crippen LogP contribution < -0.4 is 11.1 Å². The molecule has 0 saturated heterocycles. The van der Waals surface area contributed by atoms with Crippen molar-refractivity contribution in [3.8, 4) is 0 Å². The molecule has 1 amide bonds. The highest BCUT2D eigenvalue weighted by atomic mass is 79.9. The Hall–Kier alpha value is -1.40. The van der Waals surface area contributed by atoms with Crippen LogP contribution in [0.5, 0.6) is 0 Å². The Balaban J connectivity index is 2.25. The SMILES string of the molecule is Cc1cc(Br)ccc1C(=O)Nc1ncc(N)cc1Br. The average molecular weight is 385 g/mol. The maximum Gasteiger partial charge on any atom is 0.257 e. The number of benzene rings is 1. The molecular formula is C13H11Br2N3O. The lowest BCUT2D eigenvalue weighted by Crippen LogP contribution is -2.14. The first-order chi connectivity index (χ1) is 8.97. The molecule has 2 rings (SSSR count). The second-order valence-electron chi connectivity index (χ2n) is 4.01. The number of amides is 1. The summed E-state index contributed by atoms with van der Waals surface area (Å²) in [4.78, 5) is 16.2. The molecule has 4 nitrogen and oxygen atoms in total. The number of rotatable bonds is 2. The van der Waals surface area contributed by atoms with Crippen LogP contribution in [-0.2, 0) is 0 Å². The fraction of sp³-hybridized carbons (Fsp3) is 0.0769. The number of nitrogen functional groups attached to an aromatic ring is 1. The van der Waals surface area contributed by atoms with Crippen molar-refractivity contribution in [3.63, 3.8) is 0 Å². The van der Waals surface area contributed by atoms with E-state index in [0.29, 0.717) is 21.5 Å². The van der Waals surface area contributed by atoms with E-state index in [9.17, 15) is 4.79 Å². The minimum Gasteiger partial charge on any atom is -0.397 e. The number of nitrogens with one attached hydrogen (secondary N) is 1. The summed E-state index contributed by atoms with van der Waals surface area (Å²) in [5.74, 6) is 0.240. The molecule has 19 heavy (non-hydrogen) atoms. The Labute approximate surface area is 127 Å². The lowest BCUT2D eigenvalue weighted by molar-refractivity contribution is 0.102. The second-order valence-corrected chi connectivity index (χ2v) is 5.78. The number of carbonyl (C=O) groups is 1. The maximum absolute atomic E-state index is 12.2. The van der Waals surface area contributed by atoms with Crippen molar-refractivity contribution in [2.75, 3.05) is 11.1 Å². The highest BCUT2D eigenvalue weighted by molar-refractivity contribution is 9.10. The first-order valence-electron chi connectivity index (χ1n) is 5.46. The largest absolute Gasteiger partial charge is 0.397 e. The minimum absolute atomic E-state index is 0.206. The number of halogens is 2. The van der Waals surface area contributed by atoms with E-state index in [1.165, 1.54) is 6.20 Å². The molecule has 0 aliphatic heterocycles. The van der Waals surface area contributed by atoms with Gasteiger partial charge in [0.15, 0.2) is 0 Å². The zero-order valence-corrected chi connectivity index (χ0v) is 13.2.